The van der Waals surface area contributed by atoms with Crippen molar-refractivity contribution in [2.45, 2.75) is 32.9 Å². The van der Waals surface area contributed by atoms with E-state index in [4.69, 9.17) is 0 Å². The van der Waals surface area contributed by atoms with Crippen molar-refractivity contribution in [1.82, 2.24) is 29.5 Å². The molecule has 4 aromatic rings. The molecule has 3 aromatic heterocycles. The molecule has 0 aliphatic carbocycles. The Morgan fingerprint density at radius 1 is 1.34 bits per heavy atom. The zero-order chi connectivity index (χ0) is 20.0. The van der Waals surface area contributed by atoms with Crippen molar-refractivity contribution in [3.63, 3.8) is 0 Å². The van der Waals surface area contributed by atoms with Crippen molar-refractivity contribution in [2.75, 3.05) is 5.32 Å². The van der Waals surface area contributed by atoms with Crippen LogP contribution in [0.15, 0.2) is 36.8 Å². The summed E-state index contributed by atoms with van der Waals surface area (Å²) in [6.07, 6.45) is 5.07. The first-order valence-electron chi connectivity index (χ1n) is 9.54. The maximum Gasteiger partial charge on any atom is 0.229 e. The zero-order valence-corrected chi connectivity index (χ0v) is 15.9. The molecule has 1 amide bonds. The van der Waals surface area contributed by atoms with E-state index in [1.807, 2.05) is 13.1 Å². The minimum Gasteiger partial charge on any atom is -0.335 e. The van der Waals surface area contributed by atoms with E-state index in [0.29, 0.717) is 24.4 Å². The van der Waals surface area contributed by atoms with Gasteiger partial charge in [-0.1, -0.05) is 12.1 Å². The fourth-order valence-electron chi connectivity index (χ4n) is 3.92. The number of H-pyrrole nitrogens is 1. The Morgan fingerprint density at radius 3 is 3.00 bits per heavy atom. The van der Waals surface area contributed by atoms with Gasteiger partial charge in [0.15, 0.2) is 5.65 Å². The highest BCUT2D eigenvalue weighted by atomic mass is 19.1. The number of hydrogen-bond donors (Lipinski definition) is 2. The van der Waals surface area contributed by atoms with E-state index in [2.05, 4.69) is 30.2 Å². The quantitative estimate of drug-likeness (QED) is 0.557. The van der Waals surface area contributed by atoms with Crippen LogP contribution >= 0.6 is 0 Å². The van der Waals surface area contributed by atoms with Crippen molar-refractivity contribution in [1.29, 1.82) is 0 Å². The summed E-state index contributed by atoms with van der Waals surface area (Å²) in [6, 6.07) is 6.30. The average molecular weight is 393 g/mol. The Bertz CT molecular complexity index is 1190. The number of aromatic amines is 1. The number of carbonyl (C=O) groups excluding carboxylic acids is 1. The van der Waals surface area contributed by atoms with Crippen molar-refractivity contribution in [2.24, 2.45) is 5.92 Å². The molecule has 9 heteroatoms. The molecule has 8 nitrogen and oxygen atoms in total. The summed E-state index contributed by atoms with van der Waals surface area (Å²) >= 11 is 0. The molecule has 29 heavy (non-hydrogen) atoms. The summed E-state index contributed by atoms with van der Waals surface area (Å²) in [5.41, 5.74) is 3.43. The molecule has 1 aromatic carbocycles. The molecule has 0 radical (unpaired) electrons. The average Bonchev–Trinajstić information content (AvgIpc) is 3.41. The largest absolute Gasteiger partial charge is 0.335 e. The number of imidazole rings is 1. The van der Waals surface area contributed by atoms with Crippen LogP contribution in [-0.2, 0) is 24.3 Å². The Labute approximate surface area is 165 Å². The smallest absolute Gasteiger partial charge is 0.229 e. The van der Waals surface area contributed by atoms with Gasteiger partial charge < -0.3 is 9.88 Å². The lowest BCUT2D eigenvalue weighted by atomic mass is 9.95. The minimum atomic E-state index is -0.272. The van der Waals surface area contributed by atoms with E-state index in [0.717, 1.165) is 35.3 Å². The van der Waals surface area contributed by atoms with Gasteiger partial charge >= 0.3 is 0 Å². The molecule has 148 valence electrons. The second-order valence-electron chi connectivity index (χ2n) is 7.42. The molecular formula is C20H20FN7O. The lowest BCUT2D eigenvalue weighted by molar-refractivity contribution is -0.120. The topological polar surface area (TPSA) is 93.4 Å². The Balaban J connectivity index is 1.37. The summed E-state index contributed by atoms with van der Waals surface area (Å²) in [6.45, 7) is 3.14. The van der Waals surface area contributed by atoms with Crippen molar-refractivity contribution in [3.05, 3.63) is 59.6 Å². The second-order valence-corrected chi connectivity index (χ2v) is 7.42. The SMILES string of the molecule is Cc1nn(Cc2ccc(F)cc2)c2n[nH]c(NC(=O)[C@@H]3CCn4cncc4C3)c12. The number of benzene rings is 1. The lowest BCUT2D eigenvalue weighted by Crippen LogP contribution is -2.30. The highest BCUT2D eigenvalue weighted by Crippen LogP contribution is 2.27. The van der Waals surface area contributed by atoms with E-state index in [1.54, 1.807) is 23.1 Å². The normalized spacial score (nSPS) is 16.1. The fourth-order valence-corrected chi connectivity index (χ4v) is 3.92. The minimum absolute atomic E-state index is 0.0336. The third-order valence-corrected chi connectivity index (χ3v) is 5.46. The van der Waals surface area contributed by atoms with Crippen LogP contribution in [0.5, 0.6) is 0 Å². The zero-order valence-electron chi connectivity index (χ0n) is 15.9. The van der Waals surface area contributed by atoms with Gasteiger partial charge in [0.05, 0.1) is 24.0 Å². The monoisotopic (exact) mass is 393 g/mol. The summed E-state index contributed by atoms with van der Waals surface area (Å²) in [7, 11) is 0. The van der Waals surface area contributed by atoms with E-state index in [1.165, 1.54) is 12.1 Å². The van der Waals surface area contributed by atoms with Crippen LogP contribution in [0, 0.1) is 18.7 Å². The molecule has 1 atom stereocenters. The number of hydrogen-bond acceptors (Lipinski definition) is 4. The number of carbonyl (C=O) groups is 1. The highest BCUT2D eigenvalue weighted by Gasteiger charge is 2.26. The second kappa shape index (κ2) is 6.84. The van der Waals surface area contributed by atoms with Gasteiger partial charge in [-0.05, 0) is 31.0 Å². The Kier molecular flexibility index (Phi) is 4.15. The molecule has 1 aliphatic heterocycles. The molecule has 2 N–H and O–H groups in total. The van der Waals surface area contributed by atoms with E-state index in [-0.39, 0.29) is 17.6 Å². The van der Waals surface area contributed by atoms with Gasteiger partial charge in [-0.2, -0.15) is 10.2 Å². The van der Waals surface area contributed by atoms with E-state index in [9.17, 15) is 9.18 Å². The number of aryl methyl sites for hydroxylation is 2. The summed E-state index contributed by atoms with van der Waals surface area (Å²) in [4.78, 5) is 17.0. The van der Waals surface area contributed by atoms with Crippen LogP contribution in [0.1, 0.15) is 23.4 Å². The van der Waals surface area contributed by atoms with Gasteiger partial charge in [0.25, 0.3) is 0 Å². The molecule has 0 saturated carbocycles. The van der Waals surface area contributed by atoms with Gasteiger partial charge in [-0.3, -0.25) is 9.89 Å². The van der Waals surface area contributed by atoms with Crippen LogP contribution in [0.3, 0.4) is 0 Å². The van der Waals surface area contributed by atoms with Gasteiger partial charge in [0.1, 0.15) is 11.6 Å². The number of anilines is 1. The highest BCUT2D eigenvalue weighted by molar-refractivity contribution is 6.00. The molecule has 0 bridgehead atoms. The Morgan fingerprint density at radius 2 is 2.17 bits per heavy atom. The first kappa shape index (κ1) is 17.6. The first-order chi connectivity index (χ1) is 14.1. The van der Waals surface area contributed by atoms with Crippen molar-refractivity contribution in [3.8, 4) is 0 Å². The van der Waals surface area contributed by atoms with Crippen LogP contribution in [0.4, 0.5) is 10.2 Å². The third-order valence-electron chi connectivity index (χ3n) is 5.46. The lowest BCUT2D eigenvalue weighted by Gasteiger charge is -2.22. The van der Waals surface area contributed by atoms with Crippen LogP contribution in [-0.4, -0.2) is 35.4 Å². The molecule has 5 rings (SSSR count). The maximum absolute atomic E-state index is 13.1. The van der Waals surface area contributed by atoms with Crippen LogP contribution in [0.2, 0.25) is 0 Å². The number of nitrogens with zero attached hydrogens (tertiary/aromatic N) is 5. The van der Waals surface area contributed by atoms with Crippen molar-refractivity contribution >= 4 is 22.8 Å². The molecule has 0 spiro atoms. The summed E-state index contributed by atoms with van der Waals surface area (Å²) < 4.78 is 17.0. The Hall–Kier alpha value is -3.49. The first-order valence-corrected chi connectivity index (χ1v) is 9.54. The van der Waals surface area contributed by atoms with Gasteiger partial charge in [0.2, 0.25) is 5.91 Å². The van der Waals surface area contributed by atoms with Gasteiger partial charge in [-0.15, -0.1) is 0 Å². The molecule has 0 saturated heterocycles. The number of halogens is 1. The standard InChI is InChI=1S/C20H20FN7O/c1-12-17-18(23-20(29)14-6-7-27-11-22-9-16(27)8-14)24-25-19(17)28(26-12)10-13-2-4-15(21)5-3-13/h2-5,9,11,14H,6-8,10H2,1H3,(H2,23,24,25,29)/t14-/m1/s1. The maximum atomic E-state index is 13.1. The number of rotatable bonds is 4. The van der Waals surface area contributed by atoms with Crippen molar-refractivity contribution < 1.29 is 9.18 Å². The number of aromatic nitrogens is 6. The predicted molar refractivity (Wildman–Crippen MR) is 105 cm³/mol. The van der Waals surface area contributed by atoms with Crippen LogP contribution < -0.4 is 5.32 Å². The van der Waals surface area contributed by atoms with Crippen LogP contribution in [0.25, 0.3) is 11.0 Å². The molecular weight excluding hydrogens is 373 g/mol. The summed E-state index contributed by atoms with van der Waals surface area (Å²) in [5.74, 6) is 0.152. The number of amides is 1. The fraction of sp³-hybridized carbons (Fsp3) is 0.300. The van der Waals surface area contributed by atoms with E-state index >= 15 is 0 Å². The summed E-state index contributed by atoms with van der Waals surface area (Å²) in [5, 5.41) is 15.6. The molecule has 0 fully saturated rings. The third kappa shape index (κ3) is 3.18. The molecule has 0 unspecified atom stereocenters. The molecule has 1 aliphatic rings. The number of nitrogens with one attached hydrogen (secondary N) is 2. The molecule has 4 heterocycles. The van der Waals surface area contributed by atoms with Gasteiger partial charge in [-0.25, -0.2) is 14.1 Å². The number of fused-ring (bicyclic) bond motifs is 2. The predicted octanol–water partition coefficient (Wildman–Crippen LogP) is 2.65. The van der Waals surface area contributed by atoms with Gasteiger partial charge in [0, 0.05) is 30.8 Å². The van der Waals surface area contributed by atoms with E-state index < -0.39 is 0 Å².